The van der Waals surface area contributed by atoms with Crippen molar-refractivity contribution >= 4 is 44.5 Å². The number of hydrogen-bond acceptors (Lipinski definition) is 5. The van der Waals surface area contributed by atoms with Crippen LogP contribution < -0.4 is 5.32 Å². The first kappa shape index (κ1) is 19.6. The Bertz CT molecular complexity index is 1070. The second-order valence-electron chi connectivity index (χ2n) is 6.44. The number of amides is 1. The maximum atomic E-state index is 12.9. The van der Waals surface area contributed by atoms with Crippen LogP contribution in [-0.2, 0) is 21.7 Å². The number of halogens is 1. The lowest BCUT2D eigenvalue weighted by Gasteiger charge is -2.23. The van der Waals surface area contributed by atoms with E-state index in [2.05, 4.69) is 10.4 Å². The van der Waals surface area contributed by atoms with Gasteiger partial charge in [-0.15, -0.1) is 11.3 Å². The second kappa shape index (κ2) is 7.10. The van der Waals surface area contributed by atoms with Gasteiger partial charge >= 0.3 is 0 Å². The predicted octanol–water partition coefficient (Wildman–Crippen LogP) is 3.99. The number of aryl methyl sites for hydroxylation is 1. The molecule has 0 atom stereocenters. The van der Waals surface area contributed by atoms with Gasteiger partial charge in [-0.25, -0.2) is 8.42 Å². The number of aromatic nitrogens is 2. The van der Waals surface area contributed by atoms with Gasteiger partial charge < -0.3 is 5.32 Å². The van der Waals surface area contributed by atoms with E-state index in [1.165, 1.54) is 54.1 Å². The molecule has 142 valence electrons. The molecule has 1 N–H and O–H groups in total. The van der Waals surface area contributed by atoms with Crippen LogP contribution >= 0.6 is 22.9 Å². The van der Waals surface area contributed by atoms with E-state index in [0.29, 0.717) is 16.5 Å². The van der Waals surface area contributed by atoms with E-state index in [1.807, 2.05) is 17.5 Å². The van der Waals surface area contributed by atoms with Gasteiger partial charge in [0, 0.05) is 18.1 Å². The minimum Gasteiger partial charge on any atom is -0.310 e. The molecule has 0 aliphatic carbocycles. The molecule has 0 aliphatic rings. The van der Waals surface area contributed by atoms with Crippen molar-refractivity contribution in [2.45, 2.75) is 23.5 Å². The van der Waals surface area contributed by atoms with Gasteiger partial charge in [-0.3, -0.25) is 9.48 Å². The maximum Gasteiger partial charge on any atom is 0.246 e. The number of rotatable bonds is 5. The summed E-state index contributed by atoms with van der Waals surface area (Å²) in [5.74, 6) is -0.221. The van der Waals surface area contributed by atoms with Crippen molar-refractivity contribution < 1.29 is 13.2 Å². The Kier molecular flexibility index (Phi) is 5.16. The zero-order valence-electron chi connectivity index (χ0n) is 14.9. The number of carbonyl (C=O) groups excluding carboxylic acids is 1. The number of hydrogen-bond donors (Lipinski definition) is 1. The van der Waals surface area contributed by atoms with Crippen LogP contribution in [0, 0.1) is 0 Å². The number of nitrogens with zero attached hydrogens (tertiary/aromatic N) is 2. The monoisotopic (exact) mass is 423 g/mol. The highest BCUT2D eigenvalue weighted by Gasteiger charge is 2.43. The number of benzene rings is 1. The van der Waals surface area contributed by atoms with Crippen LogP contribution in [0.4, 0.5) is 5.82 Å². The van der Waals surface area contributed by atoms with Crippen molar-refractivity contribution in [2.24, 2.45) is 7.05 Å². The zero-order valence-corrected chi connectivity index (χ0v) is 17.3. The van der Waals surface area contributed by atoms with E-state index in [4.69, 9.17) is 11.6 Å². The molecule has 0 unspecified atom stereocenters. The van der Waals surface area contributed by atoms with Crippen LogP contribution in [0.1, 0.15) is 13.8 Å². The van der Waals surface area contributed by atoms with E-state index >= 15 is 0 Å². The van der Waals surface area contributed by atoms with Crippen molar-refractivity contribution in [3.05, 3.63) is 52.9 Å². The molecule has 3 aromatic rings. The highest BCUT2D eigenvalue weighted by Crippen LogP contribution is 2.29. The van der Waals surface area contributed by atoms with Gasteiger partial charge in [0.05, 0.1) is 9.77 Å². The van der Waals surface area contributed by atoms with Gasteiger partial charge in [-0.2, -0.15) is 5.10 Å². The Morgan fingerprint density at radius 1 is 1.22 bits per heavy atom. The maximum absolute atomic E-state index is 12.9. The number of thiophene rings is 1. The molecule has 0 saturated heterocycles. The van der Waals surface area contributed by atoms with Gasteiger partial charge in [0.15, 0.2) is 9.84 Å². The molecular weight excluding hydrogens is 406 g/mol. The fraction of sp³-hybridized carbons (Fsp3) is 0.222. The molecule has 3 rings (SSSR count). The van der Waals surface area contributed by atoms with E-state index in [1.54, 1.807) is 13.1 Å². The molecule has 0 saturated carbocycles. The summed E-state index contributed by atoms with van der Waals surface area (Å²) >= 11 is 7.35. The Balaban J connectivity index is 1.87. The molecule has 1 amide bonds. The normalized spacial score (nSPS) is 12.1. The average Bonchev–Trinajstić information content (AvgIpc) is 3.25. The molecule has 0 spiro atoms. The third-order valence-electron chi connectivity index (χ3n) is 4.24. The number of carbonyl (C=O) groups is 1. The number of sulfone groups is 1. The van der Waals surface area contributed by atoms with Gasteiger partial charge in [0.25, 0.3) is 0 Å². The fourth-order valence-corrected chi connectivity index (χ4v) is 4.61. The molecule has 9 heteroatoms. The second-order valence-corrected chi connectivity index (χ2v) is 10.3. The van der Waals surface area contributed by atoms with Gasteiger partial charge in [-0.1, -0.05) is 17.7 Å². The summed E-state index contributed by atoms with van der Waals surface area (Å²) in [6, 6.07) is 11.3. The molecule has 0 bridgehead atoms. The Morgan fingerprint density at radius 2 is 1.89 bits per heavy atom. The van der Waals surface area contributed by atoms with E-state index < -0.39 is 20.5 Å². The van der Waals surface area contributed by atoms with Gasteiger partial charge in [0.1, 0.15) is 16.3 Å². The largest absolute Gasteiger partial charge is 0.310 e. The molecule has 0 aliphatic heterocycles. The number of anilines is 1. The molecule has 0 fully saturated rings. The Morgan fingerprint density at radius 3 is 2.48 bits per heavy atom. The first-order valence-corrected chi connectivity index (χ1v) is 10.8. The van der Waals surface area contributed by atoms with Crippen LogP contribution in [0.5, 0.6) is 0 Å². The Labute approximate surface area is 166 Å². The molecule has 1 aromatic carbocycles. The van der Waals surface area contributed by atoms with Crippen molar-refractivity contribution in [3.63, 3.8) is 0 Å². The van der Waals surface area contributed by atoms with Crippen LogP contribution in [0.3, 0.4) is 0 Å². The smallest absolute Gasteiger partial charge is 0.246 e. The van der Waals surface area contributed by atoms with Crippen LogP contribution in [-0.4, -0.2) is 28.9 Å². The lowest BCUT2D eigenvalue weighted by Crippen LogP contribution is -2.44. The first-order valence-electron chi connectivity index (χ1n) is 8.02. The summed E-state index contributed by atoms with van der Waals surface area (Å²) in [5.41, 5.74) is 0.709. The van der Waals surface area contributed by atoms with Crippen LogP contribution in [0.15, 0.2) is 52.7 Å². The summed E-state index contributed by atoms with van der Waals surface area (Å²) in [6.07, 6.45) is 0. The molecule has 2 heterocycles. The summed E-state index contributed by atoms with van der Waals surface area (Å²) in [5, 5.41) is 9.41. The standard InChI is InChI=1S/C18H18ClN3O3S2/c1-18(2,27(24,25)13-8-6-12(19)7-9-13)17(23)20-16-11-14(21-22(16)3)15-5-4-10-26-15/h4-11H,1-3H3,(H,20,23). The van der Waals surface area contributed by atoms with E-state index in [9.17, 15) is 13.2 Å². The van der Waals surface area contributed by atoms with Crippen molar-refractivity contribution in [1.29, 1.82) is 0 Å². The van der Waals surface area contributed by atoms with Crippen molar-refractivity contribution in [1.82, 2.24) is 9.78 Å². The summed E-state index contributed by atoms with van der Waals surface area (Å²) in [7, 11) is -2.23. The van der Waals surface area contributed by atoms with Gasteiger partial charge in [-0.05, 0) is 49.6 Å². The highest BCUT2D eigenvalue weighted by atomic mass is 35.5. The van der Waals surface area contributed by atoms with Crippen molar-refractivity contribution in [3.8, 4) is 10.6 Å². The molecule has 6 nitrogen and oxygen atoms in total. The lowest BCUT2D eigenvalue weighted by atomic mass is 10.2. The van der Waals surface area contributed by atoms with Crippen LogP contribution in [0.25, 0.3) is 10.6 Å². The lowest BCUT2D eigenvalue weighted by molar-refractivity contribution is -0.117. The zero-order chi connectivity index (χ0) is 19.8. The molecule has 2 aromatic heterocycles. The third-order valence-corrected chi connectivity index (χ3v) is 7.80. The quantitative estimate of drug-likeness (QED) is 0.672. The van der Waals surface area contributed by atoms with Crippen molar-refractivity contribution in [2.75, 3.05) is 5.32 Å². The van der Waals surface area contributed by atoms with Gasteiger partial charge in [0.2, 0.25) is 5.91 Å². The minimum atomic E-state index is -3.92. The Hall–Kier alpha value is -2.16. The summed E-state index contributed by atoms with van der Waals surface area (Å²) in [4.78, 5) is 13.8. The summed E-state index contributed by atoms with van der Waals surface area (Å²) < 4.78 is 25.7. The first-order chi connectivity index (χ1) is 12.6. The van der Waals surface area contributed by atoms with Crippen LogP contribution in [0.2, 0.25) is 5.02 Å². The molecule has 0 radical (unpaired) electrons. The number of nitrogens with one attached hydrogen (secondary N) is 1. The topological polar surface area (TPSA) is 81.1 Å². The average molecular weight is 424 g/mol. The predicted molar refractivity (Wildman–Crippen MR) is 108 cm³/mol. The third kappa shape index (κ3) is 3.65. The highest BCUT2D eigenvalue weighted by molar-refractivity contribution is 7.93. The van der Waals surface area contributed by atoms with E-state index in [0.717, 1.165) is 4.88 Å². The fourth-order valence-electron chi connectivity index (χ4n) is 2.43. The molecular formula is C18H18ClN3O3S2. The SMILES string of the molecule is Cn1nc(-c2cccs2)cc1NC(=O)C(C)(C)S(=O)(=O)c1ccc(Cl)cc1. The van der Waals surface area contributed by atoms with E-state index in [-0.39, 0.29) is 4.90 Å². The summed E-state index contributed by atoms with van der Waals surface area (Å²) in [6.45, 7) is 2.76. The molecule has 27 heavy (non-hydrogen) atoms. The minimum absolute atomic E-state index is 0.0383.